The first-order valence-electron chi connectivity index (χ1n) is 8.62. The van der Waals surface area contributed by atoms with E-state index in [0.29, 0.717) is 23.2 Å². The molecule has 0 radical (unpaired) electrons. The Bertz CT molecular complexity index is 990. The first-order valence-corrected chi connectivity index (χ1v) is 8.62. The van der Waals surface area contributed by atoms with Crippen LogP contribution in [0.25, 0.3) is 5.57 Å². The largest absolute Gasteiger partial charge is 0.416 e. The lowest BCUT2D eigenvalue weighted by Crippen LogP contribution is -2.12. The molecular formula is C19H18F4N4O. The number of H-pyrrole nitrogens is 1. The number of hydrogen-bond acceptors (Lipinski definition) is 4. The number of aromatic nitrogens is 2. The summed E-state index contributed by atoms with van der Waals surface area (Å²) in [6.07, 6.45) is -0.163. The van der Waals surface area contributed by atoms with Crippen LogP contribution in [0.3, 0.4) is 0 Å². The van der Waals surface area contributed by atoms with Gasteiger partial charge in [-0.05, 0) is 31.9 Å². The summed E-state index contributed by atoms with van der Waals surface area (Å²) < 4.78 is 52.1. The maximum Gasteiger partial charge on any atom is 0.416 e. The van der Waals surface area contributed by atoms with Gasteiger partial charge in [-0.15, -0.1) is 0 Å². The lowest BCUT2D eigenvalue weighted by Gasteiger charge is -2.12. The molecule has 0 amide bonds. The Hall–Kier alpha value is -2.97. The first-order chi connectivity index (χ1) is 13.2. The molecule has 0 bridgehead atoms. The van der Waals surface area contributed by atoms with Crippen LogP contribution in [0.2, 0.25) is 0 Å². The summed E-state index contributed by atoms with van der Waals surface area (Å²) in [4.78, 5) is 23.1. The number of benzene rings is 1. The molecule has 148 valence electrons. The van der Waals surface area contributed by atoms with E-state index in [2.05, 4.69) is 15.0 Å². The van der Waals surface area contributed by atoms with E-state index in [-0.39, 0.29) is 17.0 Å². The second-order valence-electron chi connectivity index (χ2n) is 6.60. The topological polar surface area (TPSA) is 84.1 Å². The maximum absolute atomic E-state index is 14.1. The fraction of sp³-hybridized carbons (Fsp3) is 0.316. The number of nitrogens with one attached hydrogen (secondary N) is 1. The number of hydrogen-bond donors (Lipinski definition) is 2. The summed E-state index contributed by atoms with van der Waals surface area (Å²) in [5.41, 5.74) is 4.93. The standard InChI is InChI=1S/C19H18F4N4O/c1-10(14-5-4-13(6-15(14)20)19(21,22)23)25-9-12(8-24)16-7-17(28)27-18(26-16)11-2-3-11/h4-11H,2-3,24H2,1H3,(H,26,27,28). The Labute approximate surface area is 158 Å². The zero-order chi connectivity index (χ0) is 20.5. The summed E-state index contributed by atoms with van der Waals surface area (Å²) in [6, 6.07) is 2.83. The van der Waals surface area contributed by atoms with E-state index in [0.717, 1.165) is 25.0 Å². The molecule has 0 aliphatic heterocycles. The van der Waals surface area contributed by atoms with Crippen molar-refractivity contribution >= 4 is 11.8 Å². The number of nitrogens with zero attached hydrogens (tertiary/aromatic N) is 2. The van der Waals surface area contributed by atoms with Crippen LogP contribution in [-0.2, 0) is 6.18 Å². The molecule has 2 aromatic rings. The molecule has 5 nitrogen and oxygen atoms in total. The third-order valence-corrected chi connectivity index (χ3v) is 4.41. The van der Waals surface area contributed by atoms with Crippen molar-refractivity contribution < 1.29 is 17.6 Å². The highest BCUT2D eigenvalue weighted by atomic mass is 19.4. The number of allylic oxidation sites excluding steroid dienone is 1. The molecule has 28 heavy (non-hydrogen) atoms. The number of nitrogens with two attached hydrogens (primary N) is 1. The SMILES string of the molecule is CC(N=CC(=CN)c1cc(=O)[nH]c(C2CC2)n1)c1ccc(C(F)(F)F)cc1F. The molecular weight excluding hydrogens is 376 g/mol. The molecule has 1 aromatic heterocycles. The van der Waals surface area contributed by atoms with Crippen molar-refractivity contribution in [3.63, 3.8) is 0 Å². The monoisotopic (exact) mass is 394 g/mol. The third kappa shape index (κ3) is 4.47. The van der Waals surface area contributed by atoms with Gasteiger partial charge in [-0.3, -0.25) is 9.79 Å². The normalized spacial score (nSPS) is 16.5. The molecule has 1 fully saturated rings. The molecule has 1 aliphatic carbocycles. The van der Waals surface area contributed by atoms with E-state index in [1.807, 2.05) is 0 Å². The summed E-state index contributed by atoms with van der Waals surface area (Å²) in [6.45, 7) is 1.54. The average molecular weight is 394 g/mol. The lowest BCUT2D eigenvalue weighted by molar-refractivity contribution is -0.137. The highest BCUT2D eigenvalue weighted by Gasteiger charge is 2.31. The van der Waals surface area contributed by atoms with Crippen molar-refractivity contribution in [1.29, 1.82) is 0 Å². The number of aliphatic imine (C=N–C) groups is 1. The Morgan fingerprint density at radius 3 is 2.64 bits per heavy atom. The van der Waals surface area contributed by atoms with E-state index < -0.39 is 23.6 Å². The van der Waals surface area contributed by atoms with Crippen LogP contribution in [0.1, 0.15) is 54.4 Å². The van der Waals surface area contributed by atoms with Gasteiger partial charge in [-0.25, -0.2) is 9.37 Å². The maximum atomic E-state index is 14.1. The number of halogens is 4. The van der Waals surface area contributed by atoms with E-state index in [1.165, 1.54) is 25.4 Å². The molecule has 1 atom stereocenters. The Balaban J connectivity index is 1.83. The Morgan fingerprint density at radius 1 is 1.36 bits per heavy atom. The molecule has 1 saturated carbocycles. The summed E-state index contributed by atoms with van der Waals surface area (Å²) in [7, 11) is 0. The van der Waals surface area contributed by atoms with Gasteiger partial charge in [0.05, 0.1) is 17.3 Å². The predicted octanol–water partition coefficient (Wildman–Crippen LogP) is 3.94. The van der Waals surface area contributed by atoms with Crippen molar-refractivity contribution in [3.8, 4) is 0 Å². The second kappa shape index (κ2) is 7.57. The molecule has 0 saturated heterocycles. The molecule has 3 N–H and O–H groups in total. The van der Waals surface area contributed by atoms with Crippen LogP contribution in [0, 0.1) is 5.82 Å². The van der Waals surface area contributed by atoms with Gasteiger partial charge in [-0.1, -0.05) is 6.07 Å². The van der Waals surface area contributed by atoms with Gasteiger partial charge in [0.25, 0.3) is 5.56 Å². The van der Waals surface area contributed by atoms with Gasteiger partial charge in [0.2, 0.25) is 0 Å². The van der Waals surface area contributed by atoms with Gasteiger partial charge in [0, 0.05) is 35.5 Å². The summed E-state index contributed by atoms with van der Waals surface area (Å²) >= 11 is 0. The van der Waals surface area contributed by atoms with Gasteiger partial charge >= 0.3 is 6.18 Å². The van der Waals surface area contributed by atoms with Gasteiger partial charge in [0.15, 0.2) is 0 Å². The zero-order valence-corrected chi connectivity index (χ0v) is 14.9. The van der Waals surface area contributed by atoms with Crippen LogP contribution in [-0.4, -0.2) is 16.2 Å². The van der Waals surface area contributed by atoms with Gasteiger partial charge in [0.1, 0.15) is 11.6 Å². The molecule has 0 spiro atoms. The molecule has 1 unspecified atom stereocenters. The van der Waals surface area contributed by atoms with Crippen LogP contribution in [0.15, 0.2) is 40.3 Å². The fourth-order valence-corrected chi connectivity index (χ4v) is 2.68. The molecule has 9 heteroatoms. The number of alkyl halides is 3. The minimum absolute atomic E-state index is 0.0122. The quantitative estimate of drug-likeness (QED) is 0.595. The van der Waals surface area contributed by atoms with Crippen molar-refractivity contribution in [1.82, 2.24) is 9.97 Å². The number of rotatable bonds is 5. The fourth-order valence-electron chi connectivity index (χ4n) is 2.68. The Morgan fingerprint density at radius 2 is 2.07 bits per heavy atom. The molecule has 3 rings (SSSR count). The van der Waals surface area contributed by atoms with Crippen molar-refractivity contribution in [3.05, 3.63) is 69.3 Å². The highest BCUT2D eigenvalue weighted by Crippen LogP contribution is 2.37. The van der Waals surface area contributed by atoms with Crippen molar-refractivity contribution in [2.45, 2.75) is 37.9 Å². The van der Waals surface area contributed by atoms with E-state index >= 15 is 0 Å². The molecule has 1 heterocycles. The van der Waals surface area contributed by atoms with E-state index in [1.54, 1.807) is 0 Å². The minimum Gasteiger partial charge on any atom is -0.404 e. The molecule has 1 aliphatic rings. The zero-order valence-electron chi connectivity index (χ0n) is 14.9. The second-order valence-corrected chi connectivity index (χ2v) is 6.60. The summed E-state index contributed by atoms with van der Waals surface area (Å²) in [5, 5.41) is 0. The highest BCUT2D eigenvalue weighted by molar-refractivity contribution is 6.08. The smallest absolute Gasteiger partial charge is 0.404 e. The average Bonchev–Trinajstić information content (AvgIpc) is 3.46. The Kier molecular flexibility index (Phi) is 5.35. The predicted molar refractivity (Wildman–Crippen MR) is 97.3 cm³/mol. The first kappa shape index (κ1) is 19.8. The van der Waals surface area contributed by atoms with Crippen LogP contribution in [0.5, 0.6) is 0 Å². The van der Waals surface area contributed by atoms with E-state index in [4.69, 9.17) is 5.73 Å². The van der Waals surface area contributed by atoms with Gasteiger partial charge in [-0.2, -0.15) is 13.2 Å². The van der Waals surface area contributed by atoms with Crippen LogP contribution >= 0.6 is 0 Å². The minimum atomic E-state index is -4.62. The van der Waals surface area contributed by atoms with Crippen molar-refractivity contribution in [2.75, 3.05) is 0 Å². The van der Waals surface area contributed by atoms with Crippen LogP contribution in [0.4, 0.5) is 17.6 Å². The van der Waals surface area contributed by atoms with Crippen molar-refractivity contribution in [2.24, 2.45) is 10.7 Å². The lowest BCUT2D eigenvalue weighted by atomic mass is 10.1. The number of aromatic amines is 1. The summed E-state index contributed by atoms with van der Waals surface area (Å²) in [5.74, 6) is -0.191. The van der Waals surface area contributed by atoms with Gasteiger partial charge < -0.3 is 10.7 Å². The molecule has 1 aromatic carbocycles. The third-order valence-electron chi connectivity index (χ3n) is 4.41. The van der Waals surface area contributed by atoms with E-state index in [9.17, 15) is 22.4 Å². The van der Waals surface area contributed by atoms with Crippen LogP contribution < -0.4 is 11.3 Å².